The van der Waals surface area contributed by atoms with Crippen LogP contribution in [0.4, 0.5) is 0 Å². The molecule has 0 spiro atoms. The lowest BCUT2D eigenvalue weighted by molar-refractivity contribution is -0.0816. The summed E-state index contributed by atoms with van der Waals surface area (Å²) in [4.78, 5) is 0. The summed E-state index contributed by atoms with van der Waals surface area (Å²) >= 11 is 0. The van der Waals surface area contributed by atoms with E-state index in [9.17, 15) is 0 Å². The maximum Gasteiger partial charge on any atom is 0.0939 e. The molecule has 0 radical (unpaired) electrons. The van der Waals surface area contributed by atoms with E-state index in [4.69, 9.17) is 10.6 Å². The third-order valence-electron chi connectivity index (χ3n) is 4.12. The Morgan fingerprint density at radius 3 is 2.94 bits per heavy atom. The van der Waals surface area contributed by atoms with Crippen LogP contribution < -0.4 is 11.3 Å². The largest absolute Gasteiger partial charge is 0.376 e. The molecule has 1 heterocycles. The van der Waals surface area contributed by atoms with Crippen molar-refractivity contribution in [2.75, 3.05) is 7.11 Å². The van der Waals surface area contributed by atoms with Gasteiger partial charge in [0.2, 0.25) is 0 Å². The Kier molecular flexibility index (Phi) is 4.04. The first-order valence-corrected chi connectivity index (χ1v) is 6.62. The van der Waals surface area contributed by atoms with Crippen molar-refractivity contribution in [3.63, 3.8) is 0 Å². The van der Waals surface area contributed by atoms with Gasteiger partial charge in [0.25, 0.3) is 0 Å². The molecule has 102 valence electrons. The molecule has 1 saturated carbocycles. The number of methoxy groups -OCH3 is 1. The van der Waals surface area contributed by atoms with Gasteiger partial charge in [-0.3, -0.25) is 10.5 Å². The fraction of sp³-hybridized carbons (Fsp3) is 0.769. The molecule has 3 atom stereocenters. The molecule has 1 aromatic heterocycles. The number of rotatable bonds is 4. The second-order valence-electron chi connectivity index (χ2n) is 5.48. The number of hydrazine groups is 1. The third kappa shape index (κ3) is 2.43. The minimum Gasteiger partial charge on any atom is -0.376 e. The molecule has 18 heavy (non-hydrogen) atoms. The summed E-state index contributed by atoms with van der Waals surface area (Å²) < 4.78 is 7.68. The zero-order valence-electron chi connectivity index (χ0n) is 11.5. The molecule has 1 aliphatic carbocycles. The van der Waals surface area contributed by atoms with Crippen molar-refractivity contribution in [2.24, 2.45) is 18.8 Å². The summed E-state index contributed by atoms with van der Waals surface area (Å²) in [7, 11) is 3.70. The predicted molar refractivity (Wildman–Crippen MR) is 70.6 cm³/mol. The van der Waals surface area contributed by atoms with Gasteiger partial charge in [-0.25, -0.2) is 5.43 Å². The van der Waals surface area contributed by atoms with Gasteiger partial charge in [0, 0.05) is 20.4 Å². The lowest BCUT2D eigenvalue weighted by Crippen LogP contribution is -2.50. The van der Waals surface area contributed by atoms with Gasteiger partial charge in [-0.15, -0.1) is 0 Å². The van der Waals surface area contributed by atoms with E-state index >= 15 is 0 Å². The summed E-state index contributed by atoms with van der Waals surface area (Å²) in [5, 5.41) is 4.47. The predicted octanol–water partition coefficient (Wildman–Crippen LogP) is 1.52. The maximum atomic E-state index is 5.87. The van der Waals surface area contributed by atoms with E-state index in [2.05, 4.69) is 17.4 Å². The van der Waals surface area contributed by atoms with Gasteiger partial charge in [-0.2, -0.15) is 5.10 Å². The van der Waals surface area contributed by atoms with E-state index in [0.29, 0.717) is 5.92 Å². The van der Waals surface area contributed by atoms with Crippen molar-refractivity contribution in [2.45, 2.75) is 44.2 Å². The molecule has 5 nitrogen and oxygen atoms in total. The second kappa shape index (κ2) is 5.38. The molecular weight excluding hydrogens is 228 g/mol. The Labute approximate surface area is 109 Å². The highest BCUT2D eigenvalue weighted by Gasteiger charge is 2.43. The average Bonchev–Trinajstić information content (AvgIpc) is 2.76. The summed E-state index contributed by atoms with van der Waals surface area (Å²) in [6, 6.07) is 1.95. The molecule has 0 bridgehead atoms. The van der Waals surface area contributed by atoms with Crippen LogP contribution in [0.2, 0.25) is 0 Å². The van der Waals surface area contributed by atoms with Crippen molar-refractivity contribution >= 4 is 0 Å². The molecule has 2 rings (SSSR count). The lowest BCUT2D eigenvalue weighted by atomic mass is 9.74. The summed E-state index contributed by atoms with van der Waals surface area (Å²) in [6.07, 6.45) is 6.44. The van der Waals surface area contributed by atoms with Gasteiger partial charge in [0.05, 0.1) is 17.3 Å². The van der Waals surface area contributed by atoms with E-state index in [1.807, 2.05) is 19.3 Å². The number of nitrogens with one attached hydrogen (secondary N) is 1. The van der Waals surface area contributed by atoms with Crippen molar-refractivity contribution in [1.82, 2.24) is 15.2 Å². The molecule has 1 fully saturated rings. The Balaban J connectivity index is 2.28. The second-order valence-corrected chi connectivity index (χ2v) is 5.48. The summed E-state index contributed by atoms with van der Waals surface area (Å²) in [5.74, 6) is 6.44. The van der Waals surface area contributed by atoms with Gasteiger partial charge >= 0.3 is 0 Å². The highest BCUT2D eigenvalue weighted by molar-refractivity contribution is 5.13. The van der Waals surface area contributed by atoms with E-state index in [0.717, 1.165) is 18.5 Å². The Morgan fingerprint density at radius 2 is 2.44 bits per heavy atom. The molecule has 3 N–H and O–H groups in total. The van der Waals surface area contributed by atoms with Crippen molar-refractivity contribution in [1.29, 1.82) is 0 Å². The zero-order valence-corrected chi connectivity index (χ0v) is 11.5. The zero-order chi connectivity index (χ0) is 13.2. The molecule has 5 heteroatoms. The quantitative estimate of drug-likeness (QED) is 0.630. The molecular formula is C13H24N4O. The van der Waals surface area contributed by atoms with Crippen LogP contribution in [-0.4, -0.2) is 22.5 Å². The van der Waals surface area contributed by atoms with Gasteiger partial charge < -0.3 is 4.74 Å². The number of nitrogens with zero attached hydrogens (tertiary/aromatic N) is 2. The number of ether oxygens (including phenoxy) is 1. The molecule has 3 unspecified atom stereocenters. The minimum absolute atomic E-state index is 0.0496. The average molecular weight is 252 g/mol. The van der Waals surface area contributed by atoms with Crippen LogP contribution in [0.25, 0.3) is 0 Å². The highest BCUT2D eigenvalue weighted by Crippen LogP contribution is 2.42. The van der Waals surface area contributed by atoms with E-state index < -0.39 is 0 Å². The van der Waals surface area contributed by atoms with E-state index in [1.54, 1.807) is 11.8 Å². The summed E-state index contributed by atoms with van der Waals surface area (Å²) in [6.45, 7) is 2.28. The number of hydrogen-bond acceptors (Lipinski definition) is 4. The van der Waals surface area contributed by atoms with Gasteiger partial charge in [-0.1, -0.05) is 19.8 Å². The number of nitrogens with two attached hydrogens (primary N) is 1. The Hall–Kier alpha value is -0.910. The van der Waals surface area contributed by atoms with Gasteiger partial charge in [-0.05, 0) is 24.8 Å². The highest BCUT2D eigenvalue weighted by atomic mass is 16.5. The SMILES string of the molecule is COC1(C(NN)c2ccn(C)n2)CCCC(C)C1. The molecule has 0 amide bonds. The number of hydrogen-bond donors (Lipinski definition) is 2. The monoisotopic (exact) mass is 252 g/mol. The first-order chi connectivity index (χ1) is 8.61. The molecule has 0 saturated heterocycles. The van der Waals surface area contributed by atoms with Crippen LogP contribution in [0.1, 0.15) is 44.3 Å². The minimum atomic E-state index is -0.235. The smallest absolute Gasteiger partial charge is 0.0939 e. The van der Waals surface area contributed by atoms with E-state index in [-0.39, 0.29) is 11.6 Å². The van der Waals surface area contributed by atoms with Gasteiger partial charge in [0.15, 0.2) is 0 Å². The normalized spacial score (nSPS) is 30.3. The van der Waals surface area contributed by atoms with Crippen LogP contribution in [0.3, 0.4) is 0 Å². The topological polar surface area (TPSA) is 65.1 Å². The van der Waals surface area contributed by atoms with Crippen LogP contribution in [0, 0.1) is 5.92 Å². The fourth-order valence-electron chi connectivity index (χ4n) is 3.20. The van der Waals surface area contributed by atoms with E-state index in [1.165, 1.54) is 12.8 Å². The molecule has 0 aliphatic heterocycles. The van der Waals surface area contributed by atoms with Crippen LogP contribution >= 0.6 is 0 Å². The number of aromatic nitrogens is 2. The van der Waals surface area contributed by atoms with Crippen LogP contribution in [0.15, 0.2) is 12.3 Å². The van der Waals surface area contributed by atoms with Crippen LogP contribution in [-0.2, 0) is 11.8 Å². The first kappa shape index (κ1) is 13.5. The first-order valence-electron chi connectivity index (χ1n) is 6.62. The van der Waals surface area contributed by atoms with Crippen molar-refractivity contribution in [3.05, 3.63) is 18.0 Å². The molecule has 1 aliphatic rings. The van der Waals surface area contributed by atoms with Crippen molar-refractivity contribution in [3.8, 4) is 0 Å². The molecule has 0 aromatic carbocycles. The summed E-state index contributed by atoms with van der Waals surface area (Å²) in [5.41, 5.74) is 3.63. The van der Waals surface area contributed by atoms with Gasteiger partial charge in [0.1, 0.15) is 0 Å². The third-order valence-corrected chi connectivity index (χ3v) is 4.12. The fourth-order valence-corrected chi connectivity index (χ4v) is 3.20. The Morgan fingerprint density at radius 1 is 1.67 bits per heavy atom. The van der Waals surface area contributed by atoms with Crippen LogP contribution in [0.5, 0.6) is 0 Å². The maximum absolute atomic E-state index is 5.87. The standard InChI is InChI=1S/C13H24N4O/c1-10-5-4-7-13(9-10,18-3)12(15-14)11-6-8-17(2)16-11/h6,8,10,12,15H,4-5,7,9,14H2,1-3H3. The lowest BCUT2D eigenvalue weighted by Gasteiger charge is -2.43. The Bertz CT molecular complexity index is 392. The molecule has 1 aromatic rings. The van der Waals surface area contributed by atoms with Crippen molar-refractivity contribution < 1.29 is 4.74 Å². The number of aryl methyl sites for hydroxylation is 1.